The van der Waals surface area contributed by atoms with E-state index in [1.807, 2.05) is 25.1 Å². The van der Waals surface area contributed by atoms with Gasteiger partial charge in [0.1, 0.15) is 30.2 Å². The fraction of sp³-hybridized carbons (Fsp3) is 0.286. The second-order valence-electron chi connectivity index (χ2n) is 10.2. The van der Waals surface area contributed by atoms with Crippen LogP contribution in [0.15, 0.2) is 36.4 Å². The summed E-state index contributed by atoms with van der Waals surface area (Å²) in [5.74, 6) is -0.602. The highest BCUT2D eigenvalue weighted by molar-refractivity contribution is 6.40. The van der Waals surface area contributed by atoms with Crippen molar-refractivity contribution in [1.82, 2.24) is 9.55 Å². The largest absolute Gasteiger partial charge is 0.508 e. The molecule has 0 radical (unpaired) electrons. The Bertz CT molecular complexity index is 1850. The van der Waals surface area contributed by atoms with Crippen molar-refractivity contribution in [3.8, 4) is 5.75 Å². The fourth-order valence-electron chi connectivity index (χ4n) is 6.23. The molecule has 1 aliphatic carbocycles. The van der Waals surface area contributed by atoms with Crippen LogP contribution in [0.1, 0.15) is 38.9 Å². The number of aliphatic hydroxyl groups is 4. The Kier molecular flexibility index (Phi) is 4.82. The van der Waals surface area contributed by atoms with Crippen molar-refractivity contribution >= 4 is 55.2 Å². The van der Waals surface area contributed by atoms with Crippen molar-refractivity contribution in [2.45, 2.75) is 44.0 Å². The minimum Gasteiger partial charge on any atom is -0.508 e. The summed E-state index contributed by atoms with van der Waals surface area (Å²) in [6, 6.07) is 10.3. The molecule has 1 aliphatic heterocycles. The summed E-state index contributed by atoms with van der Waals surface area (Å²) in [6.07, 6.45) is -7.41. The van der Waals surface area contributed by atoms with Gasteiger partial charge in [-0.3, -0.25) is 9.59 Å². The quantitative estimate of drug-likeness (QED) is 0.194. The predicted octanol–water partition coefficient (Wildman–Crippen LogP) is 2.18. The molecule has 0 bridgehead atoms. The van der Waals surface area contributed by atoms with Crippen LogP contribution in [0, 0.1) is 6.92 Å². The lowest BCUT2D eigenvalue weighted by Gasteiger charge is -2.41. The molecule has 6 N–H and O–H groups in total. The zero-order valence-corrected chi connectivity index (χ0v) is 20.2. The van der Waals surface area contributed by atoms with Crippen LogP contribution in [0.2, 0.25) is 0 Å². The van der Waals surface area contributed by atoms with E-state index in [0.29, 0.717) is 49.2 Å². The molecular formula is C28H24N2O8. The average Bonchev–Trinajstić information content (AvgIpc) is 3.51. The van der Waals surface area contributed by atoms with Gasteiger partial charge in [0.05, 0.1) is 35.1 Å². The highest BCUT2D eigenvalue weighted by atomic mass is 16.6. The molecule has 0 saturated carbocycles. The number of nitrogens with one attached hydrogen (secondary N) is 1. The number of ether oxygens (including phenoxy) is 1. The zero-order valence-electron chi connectivity index (χ0n) is 20.2. The third-order valence-electron chi connectivity index (χ3n) is 7.93. The molecule has 10 heteroatoms. The molecule has 2 aromatic heterocycles. The lowest BCUT2D eigenvalue weighted by molar-refractivity contribution is -0.249. The number of aryl methyl sites for hydroxylation is 1. The van der Waals surface area contributed by atoms with Gasteiger partial charge in [0.25, 0.3) is 0 Å². The van der Waals surface area contributed by atoms with Crippen molar-refractivity contribution in [2.75, 3.05) is 6.61 Å². The first-order chi connectivity index (χ1) is 18.2. The molecule has 2 aliphatic rings. The van der Waals surface area contributed by atoms with E-state index in [9.17, 15) is 35.1 Å². The maximum absolute atomic E-state index is 13.3. The third-order valence-corrected chi connectivity index (χ3v) is 7.93. The second kappa shape index (κ2) is 7.85. The number of Topliss-reactive ketones (excluding diaryl/α,β-unsaturated/α-hetero) is 2. The van der Waals surface area contributed by atoms with E-state index < -0.39 is 37.3 Å². The summed E-state index contributed by atoms with van der Waals surface area (Å²) in [5, 5.41) is 54.4. The van der Waals surface area contributed by atoms with Gasteiger partial charge in [0.15, 0.2) is 17.8 Å². The van der Waals surface area contributed by atoms with Crippen LogP contribution >= 0.6 is 0 Å². The molecule has 0 spiro atoms. The number of benzene rings is 3. The Balaban J connectivity index is 1.72. The van der Waals surface area contributed by atoms with Gasteiger partial charge in [-0.1, -0.05) is 12.1 Å². The summed E-state index contributed by atoms with van der Waals surface area (Å²) < 4.78 is 7.65. The van der Waals surface area contributed by atoms with Gasteiger partial charge in [0, 0.05) is 38.7 Å². The molecule has 7 rings (SSSR count). The number of hydrogen-bond acceptors (Lipinski definition) is 8. The minimum absolute atomic E-state index is 0.0180. The van der Waals surface area contributed by atoms with Gasteiger partial charge in [-0.15, -0.1) is 0 Å². The molecule has 0 amide bonds. The Morgan fingerprint density at radius 2 is 1.66 bits per heavy atom. The number of fused-ring (bicyclic) bond motifs is 10. The number of nitrogens with zero attached hydrogens (tertiary/aromatic N) is 1. The Hall–Kier alpha value is -3.80. The van der Waals surface area contributed by atoms with E-state index in [0.717, 1.165) is 5.56 Å². The normalized spacial score (nSPS) is 25.9. The van der Waals surface area contributed by atoms with E-state index in [-0.39, 0.29) is 29.3 Å². The molecule has 38 heavy (non-hydrogen) atoms. The summed E-state index contributed by atoms with van der Waals surface area (Å²) in [5.41, 5.74) is 3.54. The Morgan fingerprint density at radius 1 is 0.947 bits per heavy atom. The molecule has 194 valence electrons. The summed E-state index contributed by atoms with van der Waals surface area (Å²) in [4.78, 5) is 29.8. The molecular weight excluding hydrogens is 492 g/mol. The molecule has 5 atom stereocenters. The van der Waals surface area contributed by atoms with Crippen LogP contribution in [-0.4, -0.2) is 77.7 Å². The lowest BCUT2D eigenvalue weighted by Crippen LogP contribution is -2.56. The van der Waals surface area contributed by atoms with Gasteiger partial charge in [-0.25, -0.2) is 0 Å². The number of aliphatic hydroxyl groups excluding tert-OH is 4. The molecule has 3 aromatic carbocycles. The Morgan fingerprint density at radius 3 is 2.39 bits per heavy atom. The number of aromatic hydroxyl groups is 1. The standard InChI is InChI=1S/C28H24N2O8/c1-10-2-4-13-15(6-10)30(28-27(37)26(36)25(35)18(9-31)38-28)24-20(13)22-17(34)8-16(33)21(22)19-12-5-3-11(32)7-14(12)29-23(19)24/h2-7,18,25-29,31-32,35-37H,8-9H2,1H3/t18-,25-,26+,27-,28-/m1/s1. The van der Waals surface area contributed by atoms with Crippen LogP contribution in [0.4, 0.5) is 0 Å². The van der Waals surface area contributed by atoms with E-state index in [1.165, 1.54) is 12.1 Å². The van der Waals surface area contributed by atoms with E-state index in [4.69, 9.17) is 4.74 Å². The zero-order chi connectivity index (χ0) is 26.6. The van der Waals surface area contributed by atoms with Gasteiger partial charge in [-0.05, 0) is 30.7 Å². The summed E-state index contributed by atoms with van der Waals surface area (Å²) in [6.45, 7) is 1.29. The number of rotatable bonds is 2. The third kappa shape index (κ3) is 2.89. The molecule has 0 unspecified atom stereocenters. The van der Waals surface area contributed by atoms with Crippen molar-refractivity contribution in [2.24, 2.45) is 0 Å². The van der Waals surface area contributed by atoms with Crippen LogP contribution in [0.5, 0.6) is 5.75 Å². The number of ketones is 2. The van der Waals surface area contributed by atoms with Gasteiger partial charge < -0.3 is 39.8 Å². The number of carbonyl (C=O) groups is 2. The monoisotopic (exact) mass is 516 g/mol. The molecule has 5 aromatic rings. The molecule has 3 heterocycles. The predicted molar refractivity (Wildman–Crippen MR) is 138 cm³/mol. The fourth-order valence-corrected chi connectivity index (χ4v) is 6.23. The van der Waals surface area contributed by atoms with Gasteiger partial charge in [0.2, 0.25) is 0 Å². The molecule has 10 nitrogen and oxygen atoms in total. The van der Waals surface area contributed by atoms with Gasteiger partial charge in [-0.2, -0.15) is 0 Å². The number of H-pyrrole nitrogens is 1. The van der Waals surface area contributed by atoms with Crippen LogP contribution in [0.3, 0.4) is 0 Å². The number of aromatic nitrogens is 2. The van der Waals surface area contributed by atoms with E-state index in [2.05, 4.69) is 4.98 Å². The first-order valence-corrected chi connectivity index (χ1v) is 12.3. The molecule has 1 fully saturated rings. The van der Waals surface area contributed by atoms with Crippen molar-refractivity contribution < 1.29 is 39.9 Å². The summed E-state index contributed by atoms with van der Waals surface area (Å²) >= 11 is 0. The maximum Gasteiger partial charge on any atom is 0.172 e. The average molecular weight is 517 g/mol. The lowest BCUT2D eigenvalue weighted by atomic mass is 9.96. The first kappa shape index (κ1) is 23.3. The van der Waals surface area contributed by atoms with Crippen LogP contribution in [-0.2, 0) is 4.74 Å². The highest BCUT2D eigenvalue weighted by Crippen LogP contribution is 2.47. The highest BCUT2D eigenvalue weighted by Gasteiger charge is 2.46. The number of hydrogen-bond donors (Lipinski definition) is 6. The topological polar surface area (TPSA) is 165 Å². The van der Waals surface area contributed by atoms with Crippen LogP contribution in [0.25, 0.3) is 43.6 Å². The second-order valence-corrected chi connectivity index (χ2v) is 10.2. The smallest absolute Gasteiger partial charge is 0.172 e. The van der Waals surface area contributed by atoms with Crippen molar-refractivity contribution in [3.05, 3.63) is 53.1 Å². The van der Waals surface area contributed by atoms with Gasteiger partial charge >= 0.3 is 0 Å². The maximum atomic E-state index is 13.3. The summed E-state index contributed by atoms with van der Waals surface area (Å²) in [7, 11) is 0. The Labute approximate surface area is 214 Å². The molecule has 1 saturated heterocycles. The minimum atomic E-state index is -1.61. The number of aromatic amines is 1. The van der Waals surface area contributed by atoms with E-state index in [1.54, 1.807) is 10.6 Å². The first-order valence-electron chi connectivity index (χ1n) is 12.3. The number of carbonyl (C=O) groups excluding carboxylic acids is 2. The van der Waals surface area contributed by atoms with E-state index >= 15 is 0 Å². The van der Waals surface area contributed by atoms with Crippen molar-refractivity contribution in [3.63, 3.8) is 0 Å². The van der Waals surface area contributed by atoms with Crippen LogP contribution < -0.4 is 0 Å². The van der Waals surface area contributed by atoms with Crippen molar-refractivity contribution in [1.29, 1.82) is 0 Å². The SMILES string of the molecule is Cc1ccc2c3c4c(c5c6ccc(O)cc6[nH]c5c3n([C@@H]3O[C@H](CO)[C@@H](O)[C@H](O)[C@H]3O)c2c1)C(=O)CC4=O. The number of phenolic OH excluding ortho intramolecular Hbond substituents is 1. The number of phenols is 1.